The van der Waals surface area contributed by atoms with Gasteiger partial charge in [-0.05, 0) is 45.1 Å². The van der Waals surface area contributed by atoms with Crippen molar-refractivity contribution in [2.75, 3.05) is 0 Å². The molecule has 1 fully saturated rings. The summed E-state index contributed by atoms with van der Waals surface area (Å²) in [5, 5.41) is 7.74. The van der Waals surface area contributed by atoms with Gasteiger partial charge in [0.2, 0.25) is 0 Å². The van der Waals surface area contributed by atoms with Crippen LogP contribution in [-0.2, 0) is 0 Å². The van der Waals surface area contributed by atoms with Gasteiger partial charge < -0.3 is 5.41 Å². The van der Waals surface area contributed by atoms with Gasteiger partial charge in [-0.2, -0.15) is 0 Å². The van der Waals surface area contributed by atoms with E-state index in [9.17, 15) is 0 Å². The van der Waals surface area contributed by atoms with E-state index < -0.39 is 0 Å². The minimum absolute atomic E-state index is 0.769. The first-order valence-corrected chi connectivity index (χ1v) is 6.33. The highest BCUT2D eigenvalue weighted by molar-refractivity contribution is 5.96. The second-order valence-electron chi connectivity index (χ2n) is 5.15. The lowest BCUT2D eigenvalue weighted by atomic mass is 9.84. The summed E-state index contributed by atoms with van der Waals surface area (Å²) in [6.45, 7) is 6.19. The Labute approximate surface area is 94.5 Å². The zero-order valence-corrected chi connectivity index (χ0v) is 10.5. The van der Waals surface area contributed by atoms with Gasteiger partial charge in [0.1, 0.15) is 0 Å². The van der Waals surface area contributed by atoms with Crippen LogP contribution in [0.3, 0.4) is 0 Å². The van der Waals surface area contributed by atoms with Gasteiger partial charge in [-0.25, -0.2) is 0 Å². The molecule has 1 aliphatic rings. The molecule has 0 amide bonds. The summed E-state index contributed by atoms with van der Waals surface area (Å²) in [6.07, 6.45) is 9.58. The van der Waals surface area contributed by atoms with E-state index in [0.29, 0.717) is 0 Å². The van der Waals surface area contributed by atoms with E-state index in [1.165, 1.54) is 49.7 Å². The second kappa shape index (κ2) is 6.09. The molecule has 1 aliphatic carbocycles. The maximum atomic E-state index is 7.74. The summed E-state index contributed by atoms with van der Waals surface area (Å²) >= 11 is 0. The van der Waals surface area contributed by atoms with Crippen LogP contribution in [0.4, 0.5) is 0 Å². The first-order chi connectivity index (χ1) is 7.11. The van der Waals surface area contributed by atoms with E-state index in [-0.39, 0.29) is 0 Å². The van der Waals surface area contributed by atoms with Crippen molar-refractivity contribution in [2.24, 2.45) is 5.92 Å². The Balaban J connectivity index is 2.40. The lowest BCUT2D eigenvalue weighted by molar-refractivity contribution is 0.340. The highest BCUT2D eigenvalue weighted by Crippen LogP contribution is 2.29. The molecule has 1 N–H and O–H groups in total. The van der Waals surface area contributed by atoms with Crippen LogP contribution in [0.15, 0.2) is 11.1 Å². The van der Waals surface area contributed by atoms with Crippen molar-refractivity contribution < 1.29 is 0 Å². The predicted octanol–water partition coefficient (Wildman–Crippen LogP) is 4.72. The molecule has 1 saturated carbocycles. The number of rotatable bonds is 4. The highest BCUT2D eigenvalue weighted by atomic mass is 14.4. The second-order valence-corrected chi connectivity index (χ2v) is 5.15. The number of allylic oxidation sites excluding steroid dienone is 2. The molecule has 86 valence electrons. The lowest BCUT2D eigenvalue weighted by Gasteiger charge is -2.22. The maximum absolute atomic E-state index is 7.74. The van der Waals surface area contributed by atoms with Gasteiger partial charge >= 0.3 is 0 Å². The molecule has 0 unspecified atom stereocenters. The van der Waals surface area contributed by atoms with Gasteiger partial charge in [-0.1, -0.05) is 37.7 Å². The third-order valence-corrected chi connectivity index (χ3v) is 3.58. The average Bonchev–Trinajstić information content (AvgIpc) is 2.18. The minimum Gasteiger partial charge on any atom is -0.305 e. The normalized spacial score (nSPS) is 17.5. The molecule has 0 saturated heterocycles. The van der Waals surface area contributed by atoms with Crippen LogP contribution in [0.25, 0.3) is 0 Å². The van der Waals surface area contributed by atoms with Crippen molar-refractivity contribution in [1.29, 1.82) is 5.41 Å². The SMILES string of the molecule is CC(=N)C(CCC1CCCCC1)=C(C)C. The molecule has 15 heavy (non-hydrogen) atoms. The summed E-state index contributed by atoms with van der Waals surface area (Å²) in [7, 11) is 0. The third-order valence-electron chi connectivity index (χ3n) is 3.58. The molecular weight excluding hydrogens is 182 g/mol. The van der Waals surface area contributed by atoms with Crippen molar-refractivity contribution >= 4 is 5.71 Å². The molecule has 0 spiro atoms. The van der Waals surface area contributed by atoms with Crippen molar-refractivity contribution in [3.8, 4) is 0 Å². The van der Waals surface area contributed by atoms with Crippen LogP contribution in [0.1, 0.15) is 65.7 Å². The van der Waals surface area contributed by atoms with Gasteiger partial charge in [-0.15, -0.1) is 0 Å². The van der Waals surface area contributed by atoms with Crippen molar-refractivity contribution in [3.05, 3.63) is 11.1 Å². The average molecular weight is 207 g/mol. The van der Waals surface area contributed by atoms with Gasteiger partial charge in [0.05, 0.1) is 0 Å². The van der Waals surface area contributed by atoms with Crippen LogP contribution in [0.5, 0.6) is 0 Å². The first-order valence-electron chi connectivity index (χ1n) is 6.33. The zero-order chi connectivity index (χ0) is 11.3. The van der Waals surface area contributed by atoms with E-state index in [1.54, 1.807) is 0 Å². The van der Waals surface area contributed by atoms with E-state index >= 15 is 0 Å². The first kappa shape index (κ1) is 12.5. The molecule has 0 radical (unpaired) electrons. The highest BCUT2D eigenvalue weighted by Gasteiger charge is 2.14. The summed E-state index contributed by atoms with van der Waals surface area (Å²) in [4.78, 5) is 0. The van der Waals surface area contributed by atoms with E-state index in [2.05, 4.69) is 13.8 Å². The zero-order valence-electron chi connectivity index (χ0n) is 10.5. The maximum Gasteiger partial charge on any atom is 0.0314 e. The van der Waals surface area contributed by atoms with Gasteiger partial charge in [0.25, 0.3) is 0 Å². The molecule has 0 aromatic rings. The Kier molecular flexibility index (Phi) is 5.07. The predicted molar refractivity (Wildman–Crippen MR) is 67.6 cm³/mol. The summed E-state index contributed by atoms with van der Waals surface area (Å²) in [5.74, 6) is 0.937. The quantitative estimate of drug-likeness (QED) is 0.645. The van der Waals surface area contributed by atoms with Gasteiger partial charge in [0, 0.05) is 5.71 Å². The molecular formula is C14H25N. The fourth-order valence-corrected chi connectivity index (χ4v) is 2.64. The van der Waals surface area contributed by atoms with E-state index in [4.69, 9.17) is 5.41 Å². The summed E-state index contributed by atoms with van der Waals surface area (Å²) < 4.78 is 0. The molecule has 0 heterocycles. The van der Waals surface area contributed by atoms with Gasteiger partial charge in [0.15, 0.2) is 0 Å². The fourth-order valence-electron chi connectivity index (χ4n) is 2.64. The Bertz CT molecular complexity index is 240. The smallest absolute Gasteiger partial charge is 0.0314 e. The monoisotopic (exact) mass is 207 g/mol. The van der Waals surface area contributed by atoms with E-state index in [1.807, 2.05) is 6.92 Å². The number of hydrogen-bond acceptors (Lipinski definition) is 1. The standard InChI is InChI=1S/C14H25N/c1-11(2)14(12(3)15)10-9-13-7-5-4-6-8-13/h13,15H,4-10H2,1-3H3. The van der Waals surface area contributed by atoms with Crippen LogP contribution < -0.4 is 0 Å². The van der Waals surface area contributed by atoms with Crippen molar-refractivity contribution in [1.82, 2.24) is 0 Å². The van der Waals surface area contributed by atoms with Gasteiger partial charge in [-0.3, -0.25) is 0 Å². The molecule has 0 atom stereocenters. The Morgan fingerprint density at radius 1 is 1.07 bits per heavy atom. The molecule has 0 bridgehead atoms. The Morgan fingerprint density at radius 3 is 2.13 bits per heavy atom. The molecule has 1 rings (SSSR count). The fraction of sp³-hybridized carbons (Fsp3) is 0.786. The summed E-state index contributed by atoms with van der Waals surface area (Å²) in [6, 6.07) is 0. The van der Waals surface area contributed by atoms with E-state index in [0.717, 1.165) is 18.1 Å². The molecule has 1 heteroatoms. The topological polar surface area (TPSA) is 23.9 Å². The summed E-state index contributed by atoms with van der Waals surface area (Å²) in [5.41, 5.74) is 3.39. The van der Waals surface area contributed by atoms with Crippen LogP contribution in [0.2, 0.25) is 0 Å². The van der Waals surface area contributed by atoms with Crippen molar-refractivity contribution in [3.63, 3.8) is 0 Å². The van der Waals surface area contributed by atoms with Crippen molar-refractivity contribution in [2.45, 2.75) is 65.7 Å². The number of hydrogen-bond donors (Lipinski definition) is 1. The molecule has 1 nitrogen and oxygen atoms in total. The lowest BCUT2D eigenvalue weighted by Crippen LogP contribution is -2.08. The minimum atomic E-state index is 0.769. The van der Waals surface area contributed by atoms with Crippen LogP contribution in [0, 0.1) is 11.3 Å². The number of nitrogens with one attached hydrogen (secondary N) is 1. The Morgan fingerprint density at radius 2 is 1.67 bits per heavy atom. The largest absolute Gasteiger partial charge is 0.305 e. The molecule has 0 aliphatic heterocycles. The van der Waals surface area contributed by atoms with Crippen LogP contribution >= 0.6 is 0 Å². The third kappa shape index (κ3) is 4.19. The Hall–Kier alpha value is -0.590. The molecule has 0 aromatic carbocycles. The van der Waals surface area contributed by atoms with Crippen LogP contribution in [-0.4, -0.2) is 5.71 Å². The molecule has 0 aromatic heterocycles.